The number of fused-ring (bicyclic) bond motifs is 1. The maximum atomic E-state index is 9.99. The zero-order chi connectivity index (χ0) is 15.4. The summed E-state index contributed by atoms with van der Waals surface area (Å²) in [6, 6.07) is 0.335. The van der Waals surface area contributed by atoms with E-state index in [-0.39, 0.29) is 6.10 Å². The first-order chi connectivity index (χ1) is 10.7. The Bertz CT molecular complexity index is 473. The second-order valence-electron chi connectivity index (χ2n) is 6.23. The summed E-state index contributed by atoms with van der Waals surface area (Å²) >= 11 is 0. The van der Waals surface area contributed by atoms with Crippen LogP contribution in [0.3, 0.4) is 0 Å². The van der Waals surface area contributed by atoms with E-state index in [2.05, 4.69) is 15.4 Å². The number of rotatable bonds is 7. The van der Waals surface area contributed by atoms with Crippen molar-refractivity contribution in [3.63, 3.8) is 0 Å². The first-order valence-corrected chi connectivity index (χ1v) is 8.22. The molecule has 0 aliphatic carbocycles. The lowest BCUT2D eigenvalue weighted by Gasteiger charge is -2.25. The van der Waals surface area contributed by atoms with Gasteiger partial charge in [-0.25, -0.2) is 9.67 Å². The summed E-state index contributed by atoms with van der Waals surface area (Å²) in [5, 5.41) is 17.8. The second kappa shape index (κ2) is 7.50. The van der Waals surface area contributed by atoms with Gasteiger partial charge in [0.05, 0.1) is 32.0 Å². The van der Waals surface area contributed by atoms with Crippen molar-refractivity contribution in [1.82, 2.24) is 20.1 Å². The largest absolute Gasteiger partial charge is 0.389 e. The van der Waals surface area contributed by atoms with E-state index in [1.165, 1.54) is 0 Å². The second-order valence-corrected chi connectivity index (χ2v) is 6.23. The highest BCUT2D eigenvalue weighted by atomic mass is 16.5. The fourth-order valence-electron chi connectivity index (χ4n) is 3.07. The van der Waals surface area contributed by atoms with Gasteiger partial charge in [0.15, 0.2) is 0 Å². The molecule has 1 saturated heterocycles. The van der Waals surface area contributed by atoms with Crippen LogP contribution in [0.4, 0.5) is 0 Å². The van der Waals surface area contributed by atoms with Gasteiger partial charge in [-0.2, -0.15) is 5.10 Å². The fourth-order valence-corrected chi connectivity index (χ4v) is 3.07. The number of aliphatic hydroxyl groups is 1. The maximum Gasteiger partial charge on any atom is 0.147 e. The summed E-state index contributed by atoms with van der Waals surface area (Å²) in [4.78, 5) is 4.40. The molecule has 0 amide bonds. The van der Waals surface area contributed by atoms with Crippen molar-refractivity contribution in [3.8, 4) is 0 Å². The summed E-state index contributed by atoms with van der Waals surface area (Å²) in [6.07, 6.45) is 3.87. The van der Waals surface area contributed by atoms with Crippen molar-refractivity contribution in [1.29, 1.82) is 0 Å². The van der Waals surface area contributed by atoms with E-state index in [0.29, 0.717) is 25.8 Å². The lowest BCUT2D eigenvalue weighted by molar-refractivity contribution is -0.0171. The molecule has 2 aliphatic heterocycles. The van der Waals surface area contributed by atoms with Gasteiger partial charge in [0.25, 0.3) is 0 Å². The topological polar surface area (TPSA) is 81.4 Å². The summed E-state index contributed by atoms with van der Waals surface area (Å²) in [5.41, 5.74) is 0. The first kappa shape index (κ1) is 15.9. The molecule has 1 fully saturated rings. The molecule has 1 aromatic rings. The van der Waals surface area contributed by atoms with E-state index in [1.54, 1.807) is 0 Å². The number of aryl methyl sites for hydroxylation is 2. The predicted molar refractivity (Wildman–Crippen MR) is 80.7 cm³/mol. The summed E-state index contributed by atoms with van der Waals surface area (Å²) in [6.45, 7) is 5.06. The normalized spacial score (nSPS) is 26.1. The quantitative estimate of drug-likeness (QED) is 0.740. The van der Waals surface area contributed by atoms with Gasteiger partial charge in [-0.05, 0) is 26.2 Å². The molecule has 0 bridgehead atoms. The summed E-state index contributed by atoms with van der Waals surface area (Å²) in [5.74, 6) is 1.90. The van der Waals surface area contributed by atoms with E-state index in [4.69, 9.17) is 9.47 Å². The molecule has 2 aliphatic rings. The van der Waals surface area contributed by atoms with Crippen molar-refractivity contribution in [2.75, 3.05) is 26.4 Å². The van der Waals surface area contributed by atoms with Crippen LogP contribution in [-0.4, -0.2) is 64.5 Å². The molecule has 3 rings (SSSR count). The average molecular weight is 310 g/mol. The van der Waals surface area contributed by atoms with Crippen molar-refractivity contribution in [2.24, 2.45) is 0 Å². The molecule has 7 heteroatoms. The molecule has 7 nitrogen and oxygen atoms in total. The predicted octanol–water partition coefficient (Wildman–Crippen LogP) is 0.0474. The zero-order valence-electron chi connectivity index (χ0n) is 13.2. The van der Waals surface area contributed by atoms with Crippen LogP contribution >= 0.6 is 0 Å². The molecular weight excluding hydrogens is 284 g/mol. The Morgan fingerprint density at radius 1 is 1.50 bits per heavy atom. The van der Waals surface area contributed by atoms with E-state index in [9.17, 15) is 5.11 Å². The van der Waals surface area contributed by atoms with Crippen LogP contribution in [0.1, 0.15) is 30.9 Å². The Morgan fingerprint density at radius 2 is 2.41 bits per heavy atom. The molecule has 3 unspecified atom stereocenters. The monoisotopic (exact) mass is 310 g/mol. The highest BCUT2D eigenvalue weighted by Crippen LogP contribution is 2.13. The Kier molecular flexibility index (Phi) is 5.41. The molecule has 22 heavy (non-hydrogen) atoms. The third-order valence-electron chi connectivity index (χ3n) is 4.24. The number of nitrogens with one attached hydrogen (secondary N) is 1. The highest BCUT2D eigenvalue weighted by molar-refractivity contribution is 4.96. The molecule has 124 valence electrons. The highest BCUT2D eigenvalue weighted by Gasteiger charge is 2.21. The summed E-state index contributed by atoms with van der Waals surface area (Å²) < 4.78 is 13.0. The maximum absolute atomic E-state index is 9.99. The van der Waals surface area contributed by atoms with Crippen LogP contribution in [0.5, 0.6) is 0 Å². The molecule has 0 aromatic carbocycles. The van der Waals surface area contributed by atoms with Crippen LogP contribution in [0.2, 0.25) is 0 Å². The molecule has 2 N–H and O–H groups in total. The van der Waals surface area contributed by atoms with Crippen LogP contribution in [-0.2, 0) is 22.4 Å². The van der Waals surface area contributed by atoms with E-state index in [0.717, 1.165) is 50.5 Å². The summed E-state index contributed by atoms with van der Waals surface area (Å²) in [7, 11) is 0. The Morgan fingerprint density at radius 3 is 3.23 bits per heavy atom. The molecule has 3 heterocycles. The molecule has 0 spiro atoms. The minimum atomic E-state index is -0.486. The molecule has 3 atom stereocenters. The minimum absolute atomic E-state index is 0.215. The van der Waals surface area contributed by atoms with Gasteiger partial charge >= 0.3 is 0 Å². The number of hydrogen-bond donors (Lipinski definition) is 2. The third kappa shape index (κ3) is 4.25. The van der Waals surface area contributed by atoms with Crippen molar-refractivity contribution >= 4 is 0 Å². The van der Waals surface area contributed by atoms with Crippen molar-refractivity contribution in [3.05, 3.63) is 11.6 Å². The van der Waals surface area contributed by atoms with Crippen LogP contribution < -0.4 is 5.32 Å². The molecule has 0 radical (unpaired) electrons. The van der Waals surface area contributed by atoms with E-state index in [1.807, 2.05) is 11.6 Å². The van der Waals surface area contributed by atoms with Gasteiger partial charge in [-0.1, -0.05) is 0 Å². The Labute approximate surface area is 131 Å². The number of aromatic nitrogens is 3. The van der Waals surface area contributed by atoms with Gasteiger partial charge in [-0.3, -0.25) is 0 Å². The fraction of sp³-hybridized carbons (Fsp3) is 0.867. The lowest BCUT2D eigenvalue weighted by atomic mass is 10.1. The molecule has 1 aromatic heterocycles. The number of aliphatic hydroxyl groups excluding tert-OH is 1. The smallest absolute Gasteiger partial charge is 0.147 e. The minimum Gasteiger partial charge on any atom is -0.389 e. The number of nitrogens with zero attached hydrogens (tertiary/aromatic N) is 3. The number of hydrogen-bond acceptors (Lipinski definition) is 6. The van der Waals surface area contributed by atoms with Crippen LogP contribution in [0, 0.1) is 6.92 Å². The lowest BCUT2D eigenvalue weighted by Crippen LogP contribution is -2.42. The van der Waals surface area contributed by atoms with E-state index < -0.39 is 6.10 Å². The van der Waals surface area contributed by atoms with Gasteiger partial charge in [0.1, 0.15) is 11.6 Å². The SMILES string of the molecule is Cc1nc2n(n1)CC(NCC(O)COCC1CCCO1)CC2. The van der Waals surface area contributed by atoms with E-state index >= 15 is 0 Å². The van der Waals surface area contributed by atoms with Gasteiger partial charge in [-0.15, -0.1) is 0 Å². The van der Waals surface area contributed by atoms with Gasteiger partial charge in [0, 0.05) is 25.6 Å². The van der Waals surface area contributed by atoms with Gasteiger partial charge in [0.2, 0.25) is 0 Å². The van der Waals surface area contributed by atoms with Gasteiger partial charge < -0.3 is 19.9 Å². The third-order valence-corrected chi connectivity index (χ3v) is 4.24. The van der Waals surface area contributed by atoms with Crippen LogP contribution in [0.25, 0.3) is 0 Å². The molecular formula is C15H26N4O3. The standard InChI is InChI=1S/C15H26N4O3/c1-11-17-15-5-4-12(8-19(15)18-11)16-7-13(20)9-21-10-14-3-2-6-22-14/h12-14,16,20H,2-10H2,1H3. The van der Waals surface area contributed by atoms with Crippen molar-refractivity contribution in [2.45, 2.75) is 57.4 Å². The van der Waals surface area contributed by atoms with Crippen LogP contribution in [0.15, 0.2) is 0 Å². The number of ether oxygens (including phenoxy) is 2. The Balaban J connectivity index is 1.32. The van der Waals surface area contributed by atoms with Crippen molar-refractivity contribution < 1.29 is 14.6 Å². The zero-order valence-corrected chi connectivity index (χ0v) is 13.2. The molecule has 0 saturated carbocycles. The first-order valence-electron chi connectivity index (χ1n) is 8.22. The Hall–Kier alpha value is -1.02. The average Bonchev–Trinajstić information content (AvgIpc) is 3.12.